The van der Waals surface area contributed by atoms with E-state index < -0.39 is 6.23 Å². The molecule has 1 aliphatic rings. The Bertz CT molecular complexity index is 1020. The van der Waals surface area contributed by atoms with Crippen LogP contribution in [-0.4, -0.2) is 40.9 Å². The Labute approximate surface area is 184 Å². The topological polar surface area (TPSA) is 51.3 Å². The van der Waals surface area contributed by atoms with Crippen LogP contribution in [0.1, 0.15) is 49.3 Å². The zero-order valence-electron chi connectivity index (χ0n) is 18.8. The lowest BCUT2D eigenvalue weighted by Crippen LogP contribution is -2.34. The molecule has 4 rings (SSSR count). The van der Waals surface area contributed by atoms with Crippen LogP contribution in [0.4, 0.5) is 10.1 Å². The van der Waals surface area contributed by atoms with Crippen LogP contribution in [0.3, 0.4) is 0 Å². The van der Waals surface area contributed by atoms with Crippen LogP contribution in [0.2, 0.25) is 0 Å². The Kier molecular flexibility index (Phi) is 6.63. The van der Waals surface area contributed by atoms with Crippen molar-refractivity contribution in [2.24, 2.45) is 5.92 Å². The van der Waals surface area contributed by atoms with Crippen LogP contribution in [0, 0.1) is 18.7 Å². The molecule has 0 spiro atoms. The van der Waals surface area contributed by atoms with Gasteiger partial charge in [0.2, 0.25) is 0 Å². The number of hydrogen-bond acceptors (Lipinski definition) is 3. The number of H-pyrrole nitrogens is 1. The molecule has 3 N–H and O–H groups in total. The number of anilines is 1. The van der Waals surface area contributed by atoms with Gasteiger partial charge in [0.25, 0.3) is 0 Å². The first-order chi connectivity index (χ1) is 14.9. The van der Waals surface area contributed by atoms with E-state index in [1.165, 1.54) is 22.8 Å². The molecule has 4 nitrogen and oxygen atoms in total. The lowest BCUT2D eigenvalue weighted by molar-refractivity contribution is 0.153. The van der Waals surface area contributed by atoms with Crippen molar-refractivity contribution in [3.05, 3.63) is 65.1 Å². The van der Waals surface area contributed by atoms with Gasteiger partial charge in [-0.3, -0.25) is 0 Å². The Morgan fingerprint density at radius 1 is 1.16 bits per heavy atom. The molecule has 0 radical (unpaired) electrons. The standard InChI is InChI=1S/C26H34FN3O/c1-17(2)26(31)29-22-6-4-18(3)20(14-22)10-13-30-11-8-19(9-12-30)24-16-28-25-7-5-21(27)15-23(24)25/h4-7,14-17,19,26,28-29,31H,8-13H2,1-3H3. The van der Waals surface area contributed by atoms with Gasteiger partial charge in [-0.25, -0.2) is 4.39 Å². The normalized spacial score (nSPS) is 16.8. The molecule has 3 aromatic rings. The van der Waals surface area contributed by atoms with E-state index in [1.807, 2.05) is 26.0 Å². The second-order valence-corrected chi connectivity index (χ2v) is 9.27. The van der Waals surface area contributed by atoms with Gasteiger partial charge >= 0.3 is 0 Å². The highest BCUT2D eigenvalue weighted by Gasteiger charge is 2.23. The van der Waals surface area contributed by atoms with Gasteiger partial charge in [0.1, 0.15) is 12.0 Å². The Morgan fingerprint density at radius 2 is 1.94 bits per heavy atom. The van der Waals surface area contributed by atoms with E-state index in [0.717, 1.165) is 55.5 Å². The summed E-state index contributed by atoms with van der Waals surface area (Å²) in [6, 6.07) is 11.4. The predicted octanol–water partition coefficient (Wildman–Crippen LogP) is 5.42. The highest BCUT2D eigenvalue weighted by molar-refractivity contribution is 5.83. The highest BCUT2D eigenvalue weighted by atomic mass is 19.1. The molecule has 1 aromatic heterocycles. The van der Waals surface area contributed by atoms with Gasteiger partial charge in [-0.1, -0.05) is 19.9 Å². The van der Waals surface area contributed by atoms with Crippen molar-refractivity contribution in [2.75, 3.05) is 25.0 Å². The van der Waals surface area contributed by atoms with Gasteiger partial charge in [0.15, 0.2) is 0 Å². The molecule has 1 aliphatic heterocycles. The molecular formula is C26H34FN3O. The third kappa shape index (κ3) is 5.10. The third-order valence-electron chi connectivity index (χ3n) is 6.70. The number of rotatable bonds is 7. The number of aromatic amines is 1. The minimum atomic E-state index is -0.535. The average molecular weight is 424 g/mol. The fourth-order valence-corrected chi connectivity index (χ4v) is 4.57. The number of aliphatic hydroxyl groups is 1. The third-order valence-corrected chi connectivity index (χ3v) is 6.70. The predicted molar refractivity (Wildman–Crippen MR) is 126 cm³/mol. The van der Waals surface area contributed by atoms with E-state index in [9.17, 15) is 9.50 Å². The number of hydrogen-bond donors (Lipinski definition) is 3. The number of likely N-dealkylation sites (tertiary alicyclic amines) is 1. The van der Waals surface area contributed by atoms with E-state index >= 15 is 0 Å². The fraction of sp³-hybridized carbons (Fsp3) is 0.462. The molecule has 1 atom stereocenters. The van der Waals surface area contributed by atoms with Gasteiger partial charge in [0, 0.05) is 29.3 Å². The highest BCUT2D eigenvalue weighted by Crippen LogP contribution is 2.33. The summed E-state index contributed by atoms with van der Waals surface area (Å²) in [5.74, 6) is 0.483. The Hall–Kier alpha value is -2.37. The lowest BCUT2D eigenvalue weighted by atomic mass is 9.89. The molecule has 166 valence electrons. The number of piperidine rings is 1. The number of fused-ring (bicyclic) bond motifs is 1. The minimum Gasteiger partial charge on any atom is -0.374 e. The number of aromatic nitrogens is 1. The summed E-state index contributed by atoms with van der Waals surface area (Å²) >= 11 is 0. The molecule has 2 aromatic carbocycles. The summed E-state index contributed by atoms with van der Waals surface area (Å²) < 4.78 is 13.7. The molecule has 1 saturated heterocycles. The van der Waals surface area contributed by atoms with Crippen molar-refractivity contribution in [3.63, 3.8) is 0 Å². The van der Waals surface area contributed by atoms with Gasteiger partial charge in [-0.15, -0.1) is 0 Å². The minimum absolute atomic E-state index is 0.166. The maximum absolute atomic E-state index is 13.7. The van der Waals surface area contributed by atoms with Crippen LogP contribution >= 0.6 is 0 Å². The number of aryl methyl sites for hydroxylation is 1. The summed E-state index contributed by atoms with van der Waals surface area (Å²) in [6.45, 7) is 9.32. The van der Waals surface area contributed by atoms with E-state index in [-0.39, 0.29) is 11.7 Å². The molecule has 0 saturated carbocycles. The lowest BCUT2D eigenvalue weighted by Gasteiger charge is -2.32. The number of aliphatic hydroxyl groups excluding tert-OH is 1. The Balaban J connectivity index is 1.34. The maximum atomic E-state index is 13.7. The average Bonchev–Trinajstić information content (AvgIpc) is 3.17. The molecule has 1 unspecified atom stereocenters. The molecule has 0 amide bonds. The number of nitrogens with zero attached hydrogens (tertiary/aromatic N) is 1. The summed E-state index contributed by atoms with van der Waals surface area (Å²) in [5, 5.41) is 14.3. The second kappa shape index (κ2) is 9.41. The molecule has 0 bridgehead atoms. The Morgan fingerprint density at radius 3 is 2.68 bits per heavy atom. The van der Waals surface area contributed by atoms with E-state index in [2.05, 4.69) is 40.5 Å². The molecule has 2 heterocycles. The van der Waals surface area contributed by atoms with Gasteiger partial charge in [-0.2, -0.15) is 0 Å². The first-order valence-corrected chi connectivity index (χ1v) is 11.4. The molecular weight excluding hydrogens is 389 g/mol. The van der Waals surface area contributed by atoms with Crippen LogP contribution in [-0.2, 0) is 6.42 Å². The van der Waals surface area contributed by atoms with Crippen molar-refractivity contribution in [1.82, 2.24) is 9.88 Å². The summed E-state index contributed by atoms with van der Waals surface area (Å²) in [7, 11) is 0. The zero-order valence-corrected chi connectivity index (χ0v) is 18.8. The van der Waals surface area contributed by atoms with E-state index in [4.69, 9.17) is 0 Å². The van der Waals surface area contributed by atoms with Crippen LogP contribution in [0.15, 0.2) is 42.6 Å². The quantitative estimate of drug-likeness (QED) is 0.445. The van der Waals surface area contributed by atoms with Crippen molar-refractivity contribution in [1.29, 1.82) is 0 Å². The van der Waals surface area contributed by atoms with Crippen LogP contribution in [0.5, 0.6) is 0 Å². The van der Waals surface area contributed by atoms with Gasteiger partial charge in [0.05, 0.1) is 0 Å². The number of nitrogens with one attached hydrogen (secondary N) is 2. The first-order valence-electron chi connectivity index (χ1n) is 11.4. The zero-order chi connectivity index (χ0) is 22.0. The van der Waals surface area contributed by atoms with Crippen molar-refractivity contribution in [2.45, 2.75) is 52.2 Å². The molecule has 0 aliphatic carbocycles. The SMILES string of the molecule is Cc1ccc(NC(O)C(C)C)cc1CCN1CCC(c2c[nH]c3ccc(F)cc23)CC1. The van der Waals surface area contributed by atoms with Gasteiger partial charge < -0.3 is 20.3 Å². The molecule has 31 heavy (non-hydrogen) atoms. The number of benzene rings is 2. The summed E-state index contributed by atoms with van der Waals surface area (Å²) in [4.78, 5) is 5.83. The molecule has 1 fully saturated rings. The maximum Gasteiger partial charge on any atom is 0.126 e. The van der Waals surface area contributed by atoms with Crippen molar-refractivity contribution < 1.29 is 9.50 Å². The second-order valence-electron chi connectivity index (χ2n) is 9.27. The van der Waals surface area contributed by atoms with Gasteiger partial charge in [-0.05, 0) is 98.1 Å². The summed E-state index contributed by atoms with van der Waals surface area (Å²) in [6.07, 6.45) is 4.74. The number of halogens is 1. The smallest absolute Gasteiger partial charge is 0.126 e. The van der Waals surface area contributed by atoms with Crippen LogP contribution in [0.25, 0.3) is 10.9 Å². The van der Waals surface area contributed by atoms with Crippen molar-refractivity contribution >= 4 is 16.6 Å². The van der Waals surface area contributed by atoms with Crippen LogP contribution < -0.4 is 5.32 Å². The fourth-order valence-electron chi connectivity index (χ4n) is 4.57. The van der Waals surface area contributed by atoms with E-state index in [1.54, 1.807) is 6.07 Å². The van der Waals surface area contributed by atoms with E-state index in [0.29, 0.717) is 5.92 Å². The summed E-state index contributed by atoms with van der Waals surface area (Å²) in [5.41, 5.74) is 5.88. The molecule has 5 heteroatoms. The monoisotopic (exact) mass is 423 g/mol. The largest absolute Gasteiger partial charge is 0.374 e. The first kappa shape index (κ1) is 21.8. The van der Waals surface area contributed by atoms with Crippen molar-refractivity contribution in [3.8, 4) is 0 Å².